The van der Waals surface area contributed by atoms with Crippen molar-refractivity contribution in [2.45, 2.75) is 49.5 Å². The third-order valence-electron chi connectivity index (χ3n) is 6.68. The monoisotopic (exact) mass is 628 g/mol. The summed E-state index contributed by atoms with van der Waals surface area (Å²) in [5, 5.41) is 10.6. The van der Waals surface area contributed by atoms with Crippen molar-refractivity contribution in [3.63, 3.8) is 0 Å². The Morgan fingerprint density at radius 3 is 2.17 bits per heavy atom. The first-order valence-corrected chi connectivity index (χ1v) is 14.5. The van der Waals surface area contributed by atoms with Gasteiger partial charge >= 0.3 is 16.5 Å². The summed E-state index contributed by atoms with van der Waals surface area (Å²) in [4.78, 5) is 33.2. The Bertz CT molecular complexity index is 1640. The lowest BCUT2D eigenvalue weighted by atomic mass is 10.1. The average Bonchev–Trinajstić information content (AvgIpc) is 3.73. The number of ether oxygens (including phenoxy) is 2. The second-order valence-corrected chi connectivity index (χ2v) is 10.9. The smallest absolute Gasteiger partial charge is 0.388 e. The van der Waals surface area contributed by atoms with Crippen LogP contribution >= 0.6 is 16.5 Å². The topological polar surface area (TPSA) is 260 Å². The largest absolute Gasteiger partial charge is 0.698 e. The van der Waals surface area contributed by atoms with Crippen LogP contribution in [0.5, 0.6) is 0 Å². The van der Waals surface area contributed by atoms with Crippen molar-refractivity contribution in [1.29, 1.82) is 0 Å². The number of anilines is 2. The van der Waals surface area contributed by atoms with Crippen molar-refractivity contribution in [1.82, 2.24) is 39.0 Å². The first kappa shape index (κ1) is 28.7. The van der Waals surface area contributed by atoms with Crippen molar-refractivity contribution < 1.29 is 46.6 Å². The second-order valence-electron chi connectivity index (χ2n) is 9.25. The van der Waals surface area contributed by atoms with Crippen LogP contribution in [-0.2, 0) is 32.2 Å². The number of aliphatic hydroxyl groups is 1. The molecular formula is C20H23FN10O9P2+2. The van der Waals surface area contributed by atoms with E-state index in [9.17, 15) is 14.2 Å². The van der Waals surface area contributed by atoms with Gasteiger partial charge in [0.15, 0.2) is 47.7 Å². The molecule has 0 spiro atoms. The fourth-order valence-corrected chi connectivity index (χ4v) is 5.82. The lowest BCUT2D eigenvalue weighted by Crippen LogP contribution is -2.31. The van der Waals surface area contributed by atoms with Gasteiger partial charge in [-0.25, -0.2) is 34.3 Å². The number of fused-ring (bicyclic) bond motifs is 2. The molecule has 4 aromatic heterocycles. The summed E-state index contributed by atoms with van der Waals surface area (Å²) in [6.07, 6.45) is -3.57. The summed E-state index contributed by atoms with van der Waals surface area (Å²) in [7, 11) is -5.99. The summed E-state index contributed by atoms with van der Waals surface area (Å²) in [5.74, 6) is 0.230. The number of alkyl halides is 1. The lowest BCUT2D eigenvalue weighted by Gasteiger charge is -2.16. The van der Waals surface area contributed by atoms with E-state index in [0.717, 1.165) is 0 Å². The minimum Gasteiger partial charge on any atom is -0.388 e. The Balaban J connectivity index is 1.13. The molecule has 19 nitrogen and oxygen atoms in total. The van der Waals surface area contributed by atoms with Gasteiger partial charge in [-0.1, -0.05) is 0 Å². The number of nitrogen functional groups attached to an aromatic ring is 2. The molecule has 2 aliphatic heterocycles. The molecule has 0 saturated carbocycles. The molecule has 0 aliphatic carbocycles. The Morgan fingerprint density at radius 1 is 0.929 bits per heavy atom. The Morgan fingerprint density at radius 2 is 1.55 bits per heavy atom. The number of hydrogen-bond donors (Lipinski definition) is 4. The molecule has 2 fully saturated rings. The van der Waals surface area contributed by atoms with Crippen LogP contribution in [0.15, 0.2) is 25.3 Å². The number of aromatic nitrogens is 8. The van der Waals surface area contributed by atoms with E-state index < -0.39 is 66.2 Å². The average molecular weight is 628 g/mol. The van der Waals surface area contributed by atoms with E-state index in [1.54, 1.807) is 0 Å². The predicted octanol–water partition coefficient (Wildman–Crippen LogP) is 0.440. The molecule has 6 heterocycles. The molecule has 22 heteroatoms. The van der Waals surface area contributed by atoms with Crippen LogP contribution in [0.4, 0.5) is 16.0 Å². The molecular weight excluding hydrogens is 605 g/mol. The molecule has 2 aliphatic rings. The highest BCUT2D eigenvalue weighted by molar-refractivity contribution is 7.33. The number of rotatable bonds is 10. The molecule has 4 aromatic rings. The van der Waals surface area contributed by atoms with Crippen LogP contribution in [0.2, 0.25) is 0 Å². The fourth-order valence-electron chi connectivity index (χ4n) is 4.78. The van der Waals surface area contributed by atoms with Gasteiger partial charge in [0, 0.05) is 15.6 Å². The molecule has 0 radical (unpaired) electrons. The molecule has 9 atom stereocenters. The zero-order valence-electron chi connectivity index (χ0n) is 21.2. The number of imidazole rings is 2. The van der Waals surface area contributed by atoms with E-state index in [1.165, 1.54) is 34.4 Å². The number of aliphatic hydroxyl groups excluding tert-OH is 1. The maximum atomic E-state index is 15.5. The third kappa shape index (κ3) is 5.39. The highest BCUT2D eigenvalue weighted by Crippen LogP contribution is 2.42. The fraction of sp³-hybridized carbons (Fsp3) is 0.500. The van der Waals surface area contributed by atoms with Crippen LogP contribution in [-0.4, -0.2) is 92.8 Å². The maximum absolute atomic E-state index is 15.5. The van der Waals surface area contributed by atoms with Crippen LogP contribution in [0.3, 0.4) is 0 Å². The molecule has 0 aromatic carbocycles. The van der Waals surface area contributed by atoms with E-state index in [4.69, 9.17) is 34.9 Å². The van der Waals surface area contributed by atoms with Crippen molar-refractivity contribution in [3.05, 3.63) is 25.3 Å². The highest BCUT2D eigenvalue weighted by Gasteiger charge is 2.53. The normalized spacial score (nSPS) is 28.6. The van der Waals surface area contributed by atoms with Gasteiger partial charge in [0.25, 0.3) is 0 Å². The number of halogens is 1. The Labute approximate surface area is 235 Å². The second kappa shape index (κ2) is 11.7. The van der Waals surface area contributed by atoms with Gasteiger partial charge in [-0.3, -0.25) is 9.13 Å². The highest BCUT2D eigenvalue weighted by atomic mass is 31.1. The number of nitrogens with zero attached hydrogens (tertiary/aromatic N) is 8. The minimum atomic E-state index is -3.03. The summed E-state index contributed by atoms with van der Waals surface area (Å²) < 4.78 is 69.1. The Kier molecular flexibility index (Phi) is 7.97. The predicted molar refractivity (Wildman–Crippen MR) is 137 cm³/mol. The van der Waals surface area contributed by atoms with Crippen LogP contribution in [0.1, 0.15) is 18.9 Å². The van der Waals surface area contributed by atoms with Crippen LogP contribution < -0.4 is 11.5 Å². The third-order valence-corrected chi connectivity index (χ3v) is 7.82. The summed E-state index contributed by atoms with van der Waals surface area (Å²) in [6.45, 7) is -0.879. The van der Waals surface area contributed by atoms with E-state index in [1.807, 2.05) is 0 Å². The standard InChI is InChI=1S/C20H22FN10O9P2/c21-11-10(3-36-41(33)34)39-20(31-7-29-13-16(23)25-5-27-18(13)31)14(11)40-42(35)37-2-8-1-9(32)19(38-8)30-6-28-12-15(22)24-4-26-17(12)30/h4-11,14,19-20,32H,1-3H2,(H4-,22,23,24,25,26,27,33,34)/q+1/p+1/t8-,9+,10+,11-,14+,19+,20+/m0/s1. The van der Waals surface area contributed by atoms with Gasteiger partial charge < -0.3 is 26.0 Å². The van der Waals surface area contributed by atoms with Gasteiger partial charge in [0.2, 0.25) is 0 Å². The summed E-state index contributed by atoms with van der Waals surface area (Å²) >= 11 is 0. The van der Waals surface area contributed by atoms with E-state index in [0.29, 0.717) is 11.2 Å². The number of hydrogen-bond acceptors (Lipinski definition) is 16. The SMILES string of the molecule is Nc1ncnc2c1ncn2[C@@H]1O[C@H](CO[P+](=O)O)[C@H](F)[C@H]1O[P+](=O)OC[C@@H]1C[C@@H](O)[C@H](n2cnc3c(N)ncnc32)O1. The molecule has 0 bridgehead atoms. The van der Waals surface area contributed by atoms with E-state index >= 15 is 4.39 Å². The molecule has 2 unspecified atom stereocenters. The zero-order chi connectivity index (χ0) is 29.5. The summed E-state index contributed by atoms with van der Waals surface area (Å²) in [5.41, 5.74) is 12.7. The van der Waals surface area contributed by atoms with Gasteiger partial charge in [0.05, 0.1) is 18.8 Å². The van der Waals surface area contributed by atoms with Gasteiger partial charge in [-0.2, -0.15) is 0 Å². The van der Waals surface area contributed by atoms with Crippen molar-refractivity contribution in [2.75, 3.05) is 24.7 Å². The maximum Gasteiger partial charge on any atom is 0.698 e. The molecule has 0 amide bonds. The first-order chi connectivity index (χ1) is 20.2. The van der Waals surface area contributed by atoms with E-state index in [2.05, 4.69) is 34.4 Å². The molecule has 222 valence electrons. The van der Waals surface area contributed by atoms with Gasteiger partial charge in [-0.05, 0) is 0 Å². The number of nitrogens with two attached hydrogens (primary N) is 2. The molecule has 6 rings (SSSR count). The molecule has 6 N–H and O–H groups in total. The molecule has 2 saturated heterocycles. The minimum absolute atomic E-state index is 0.0641. The lowest BCUT2D eigenvalue weighted by molar-refractivity contribution is -0.0515. The van der Waals surface area contributed by atoms with Crippen molar-refractivity contribution >= 4 is 50.5 Å². The first-order valence-electron chi connectivity index (χ1n) is 12.3. The summed E-state index contributed by atoms with van der Waals surface area (Å²) in [6, 6.07) is 0. The van der Waals surface area contributed by atoms with Gasteiger partial charge in [0.1, 0.15) is 49.1 Å². The Hall–Kier alpha value is -3.45. The van der Waals surface area contributed by atoms with Gasteiger partial charge in [-0.15, -0.1) is 18.5 Å². The molecule has 42 heavy (non-hydrogen) atoms. The van der Waals surface area contributed by atoms with E-state index in [-0.39, 0.29) is 35.8 Å². The van der Waals surface area contributed by atoms with Crippen molar-refractivity contribution in [2.24, 2.45) is 0 Å². The zero-order valence-corrected chi connectivity index (χ0v) is 23.0. The quantitative estimate of drug-likeness (QED) is 0.174. The van der Waals surface area contributed by atoms with Crippen LogP contribution in [0.25, 0.3) is 22.3 Å². The van der Waals surface area contributed by atoms with Crippen LogP contribution in [0, 0.1) is 0 Å². The van der Waals surface area contributed by atoms with Crippen molar-refractivity contribution in [3.8, 4) is 0 Å².